The SMILES string of the molecule is COc1ncc(-c2ccc3nc(NC(=O)NCCN4CCCC4)nn3c2)cc1NS(=O)(=O)c1ccc(F)cc1. The fraction of sp³-hybridized carbons (Fsp3) is 0.280. The first-order valence-electron chi connectivity index (χ1n) is 12.3. The van der Waals surface area contributed by atoms with Crippen LogP contribution in [0.3, 0.4) is 0 Å². The van der Waals surface area contributed by atoms with Gasteiger partial charge in [0.05, 0.1) is 12.0 Å². The number of amides is 2. The summed E-state index contributed by atoms with van der Waals surface area (Å²) in [4.78, 5) is 23.0. The highest BCUT2D eigenvalue weighted by atomic mass is 32.2. The number of halogens is 1. The molecule has 204 valence electrons. The number of urea groups is 1. The largest absolute Gasteiger partial charge is 0.480 e. The number of rotatable bonds is 9. The Hall–Kier alpha value is -4.30. The van der Waals surface area contributed by atoms with Crippen molar-refractivity contribution >= 4 is 33.3 Å². The fourth-order valence-electron chi connectivity index (χ4n) is 4.25. The summed E-state index contributed by atoms with van der Waals surface area (Å²) in [5.74, 6) is -0.338. The summed E-state index contributed by atoms with van der Waals surface area (Å²) in [5, 5.41) is 9.78. The summed E-state index contributed by atoms with van der Waals surface area (Å²) in [6.45, 7) is 3.45. The highest BCUT2D eigenvalue weighted by Crippen LogP contribution is 2.30. The molecule has 1 aliphatic heterocycles. The number of benzene rings is 1. The van der Waals surface area contributed by atoms with Gasteiger partial charge in [-0.25, -0.2) is 27.1 Å². The number of hydrogen-bond acceptors (Lipinski definition) is 8. The molecule has 5 rings (SSSR count). The summed E-state index contributed by atoms with van der Waals surface area (Å²) in [6, 6.07) is 9.13. The minimum atomic E-state index is -4.03. The van der Waals surface area contributed by atoms with E-state index in [0.717, 1.165) is 31.8 Å². The van der Waals surface area contributed by atoms with E-state index >= 15 is 0 Å². The van der Waals surface area contributed by atoms with Crippen LogP contribution in [0.4, 0.5) is 20.8 Å². The number of aromatic nitrogens is 4. The number of anilines is 2. The van der Waals surface area contributed by atoms with Gasteiger partial charge in [-0.3, -0.25) is 10.0 Å². The Morgan fingerprint density at radius 1 is 1.10 bits per heavy atom. The molecule has 4 aromatic rings. The van der Waals surface area contributed by atoms with Crippen LogP contribution in [-0.2, 0) is 10.0 Å². The number of likely N-dealkylation sites (tertiary alicyclic amines) is 1. The molecule has 3 aromatic heterocycles. The molecule has 1 fully saturated rings. The third-order valence-corrected chi connectivity index (χ3v) is 7.60. The lowest BCUT2D eigenvalue weighted by Crippen LogP contribution is -2.36. The van der Waals surface area contributed by atoms with Crippen molar-refractivity contribution in [3.8, 4) is 17.0 Å². The van der Waals surface area contributed by atoms with Crippen LogP contribution in [0.1, 0.15) is 12.8 Å². The fourth-order valence-corrected chi connectivity index (χ4v) is 5.30. The number of ether oxygens (including phenoxy) is 1. The second-order valence-electron chi connectivity index (χ2n) is 8.93. The maximum absolute atomic E-state index is 13.3. The molecule has 3 N–H and O–H groups in total. The Morgan fingerprint density at radius 2 is 1.87 bits per heavy atom. The zero-order chi connectivity index (χ0) is 27.4. The standard InChI is InChI=1S/C25H27FN8O4S/c1-38-23-21(32-39(36,37)20-7-5-19(26)6-8-20)14-18(15-28-23)17-4-9-22-29-24(31-34(22)16-17)30-25(35)27-10-13-33-11-2-3-12-33/h4-9,14-16,32H,2-3,10-13H2,1H3,(H2,27,30,31,35). The molecule has 12 nitrogen and oxygen atoms in total. The first kappa shape index (κ1) is 26.3. The molecule has 0 radical (unpaired) electrons. The molecular weight excluding hydrogens is 527 g/mol. The topological polar surface area (TPSA) is 143 Å². The molecule has 2 amide bonds. The number of carbonyl (C=O) groups is 1. The number of fused-ring (bicyclic) bond motifs is 1. The molecule has 0 bridgehead atoms. The van der Waals surface area contributed by atoms with Crippen molar-refractivity contribution in [1.82, 2.24) is 29.8 Å². The number of sulfonamides is 1. The van der Waals surface area contributed by atoms with Crippen LogP contribution < -0.4 is 20.1 Å². The van der Waals surface area contributed by atoms with E-state index in [1.807, 2.05) is 0 Å². The molecule has 39 heavy (non-hydrogen) atoms. The van der Waals surface area contributed by atoms with Crippen LogP contribution in [-0.4, -0.2) is 72.2 Å². The number of pyridine rings is 2. The zero-order valence-electron chi connectivity index (χ0n) is 21.1. The van der Waals surface area contributed by atoms with Gasteiger partial charge in [0.25, 0.3) is 16.0 Å². The summed E-state index contributed by atoms with van der Waals surface area (Å²) in [6.07, 6.45) is 5.60. The normalized spacial score (nSPS) is 13.9. The van der Waals surface area contributed by atoms with E-state index in [1.165, 1.54) is 42.8 Å². The van der Waals surface area contributed by atoms with Gasteiger partial charge in [-0.15, -0.1) is 5.10 Å². The van der Waals surface area contributed by atoms with Crippen LogP contribution in [0.15, 0.2) is 59.8 Å². The lowest BCUT2D eigenvalue weighted by molar-refractivity contribution is 0.249. The van der Waals surface area contributed by atoms with E-state index in [0.29, 0.717) is 23.3 Å². The molecule has 0 atom stereocenters. The van der Waals surface area contributed by atoms with Gasteiger partial charge in [0.1, 0.15) is 11.5 Å². The Morgan fingerprint density at radius 3 is 2.62 bits per heavy atom. The zero-order valence-corrected chi connectivity index (χ0v) is 21.9. The molecule has 1 aliphatic rings. The highest BCUT2D eigenvalue weighted by Gasteiger charge is 2.19. The molecule has 0 aliphatic carbocycles. The van der Waals surface area contributed by atoms with E-state index in [1.54, 1.807) is 24.4 Å². The smallest absolute Gasteiger partial charge is 0.321 e. The Balaban J connectivity index is 1.31. The molecular formula is C25H27FN8O4S. The lowest BCUT2D eigenvalue weighted by Gasteiger charge is -2.14. The lowest BCUT2D eigenvalue weighted by atomic mass is 10.1. The number of nitrogens with zero attached hydrogens (tertiary/aromatic N) is 5. The van der Waals surface area contributed by atoms with Gasteiger partial charge in [-0.2, -0.15) is 4.98 Å². The number of nitrogens with one attached hydrogen (secondary N) is 3. The molecule has 0 spiro atoms. The Kier molecular flexibility index (Phi) is 7.56. The van der Waals surface area contributed by atoms with E-state index in [4.69, 9.17) is 4.74 Å². The third kappa shape index (κ3) is 6.23. The maximum Gasteiger partial charge on any atom is 0.321 e. The van der Waals surface area contributed by atoms with Crippen molar-refractivity contribution < 1.29 is 22.3 Å². The van der Waals surface area contributed by atoms with E-state index in [2.05, 4.69) is 35.3 Å². The van der Waals surface area contributed by atoms with Crippen molar-refractivity contribution in [3.05, 3.63) is 60.7 Å². The predicted octanol–water partition coefficient (Wildman–Crippen LogP) is 2.96. The maximum atomic E-state index is 13.3. The first-order valence-corrected chi connectivity index (χ1v) is 13.8. The van der Waals surface area contributed by atoms with Crippen molar-refractivity contribution in [2.24, 2.45) is 0 Å². The van der Waals surface area contributed by atoms with Crippen LogP contribution in [0.2, 0.25) is 0 Å². The average molecular weight is 555 g/mol. The van der Waals surface area contributed by atoms with Crippen molar-refractivity contribution in [3.63, 3.8) is 0 Å². The van der Waals surface area contributed by atoms with Crippen LogP contribution in [0, 0.1) is 5.82 Å². The Labute approximate surface area is 224 Å². The monoisotopic (exact) mass is 554 g/mol. The van der Waals surface area contributed by atoms with Gasteiger partial charge in [-0.1, -0.05) is 0 Å². The van der Waals surface area contributed by atoms with Crippen LogP contribution >= 0.6 is 0 Å². The second-order valence-corrected chi connectivity index (χ2v) is 10.6. The van der Waals surface area contributed by atoms with E-state index < -0.39 is 15.8 Å². The van der Waals surface area contributed by atoms with Gasteiger partial charge in [0, 0.05) is 36.6 Å². The first-order chi connectivity index (χ1) is 18.8. The van der Waals surface area contributed by atoms with Crippen molar-refractivity contribution in [1.29, 1.82) is 0 Å². The summed E-state index contributed by atoms with van der Waals surface area (Å²) >= 11 is 0. The molecule has 0 saturated carbocycles. The summed E-state index contributed by atoms with van der Waals surface area (Å²) < 4.78 is 48.1. The van der Waals surface area contributed by atoms with Crippen molar-refractivity contribution in [2.75, 3.05) is 43.3 Å². The van der Waals surface area contributed by atoms with E-state index in [-0.39, 0.29) is 28.4 Å². The minimum absolute atomic E-state index is 0.0634. The predicted molar refractivity (Wildman–Crippen MR) is 143 cm³/mol. The molecule has 0 unspecified atom stereocenters. The molecule has 14 heteroatoms. The number of carbonyl (C=O) groups excluding carboxylic acids is 1. The second kappa shape index (κ2) is 11.2. The summed E-state index contributed by atoms with van der Waals surface area (Å²) in [5.41, 5.74) is 1.83. The summed E-state index contributed by atoms with van der Waals surface area (Å²) in [7, 11) is -2.66. The Bertz CT molecular complexity index is 1590. The van der Waals surface area contributed by atoms with E-state index in [9.17, 15) is 17.6 Å². The van der Waals surface area contributed by atoms with Gasteiger partial charge in [0.2, 0.25) is 5.88 Å². The average Bonchev–Trinajstić information content (AvgIpc) is 3.57. The molecule has 1 saturated heterocycles. The van der Waals surface area contributed by atoms with Gasteiger partial charge >= 0.3 is 6.03 Å². The number of methoxy groups -OCH3 is 1. The van der Waals surface area contributed by atoms with Crippen molar-refractivity contribution in [2.45, 2.75) is 17.7 Å². The molecule has 1 aromatic carbocycles. The quantitative estimate of drug-likeness (QED) is 0.287. The van der Waals surface area contributed by atoms with Crippen LogP contribution in [0.25, 0.3) is 16.8 Å². The van der Waals surface area contributed by atoms with Gasteiger partial charge in [0.15, 0.2) is 5.65 Å². The van der Waals surface area contributed by atoms with Gasteiger partial charge < -0.3 is 15.0 Å². The minimum Gasteiger partial charge on any atom is -0.480 e. The molecule has 4 heterocycles. The highest BCUT2D eigenvalue weighted by molar-refractivity contribution is 7.92. The third-order valence-electron chi connectivity index (χ3n) is 6.21. The van der Waals surface area contributed by atoms with Gasteiger partial charge in [-0.05, 0) is 68.4 Å². The number of hydrogen-bond donors (Lipinski definition) is 3. The van der Waals surface area contributed by atoms with Crippen LogP contribution in [0.5, 0.6) is 5.88 Å².